The molecule has 0 amide bonds. The van der Waals surface area contributed by atoms with Crippen LogP contribution in [-0.4, -0.2) is 0 Å². The number of rotatable bonds is 1. The van der Waals surface area contributed by atoms with Crippen molar-refractivity contribution in [1.29, 1.82) is 0 Å². The normalized spacial score (nSPS) is 9.00. The number of hydrogen-bond acceptors (Lipinski definition) is 0. The highest BCUT2D eigenvalue weighted by Crippen LogP contribution is 2.18. The van der Waals surface area contributed by atoms with Crippen LogP contribution in [0.5, 0.6) is 0 Å². The predicted molar refractivity (Wildman–Crippen MR) is 78.1 cm³/mol. The molecule has 0 nitrogen and oxygen atoms in total. The highest BCUT2D eigenvalue weighted by atomic mass is 14.0. The number of hydrogen-bond donors (Lipinski definition) is 0. The van der Waals surface area contributed by atoms with E-state index in [9.17, 15) is 0 Å². The first-order chi connectivity index (χ1) is 7.66. The van der Waals surface area contributed by atoms with E-state index in [2.05, 4.69) is 52.0 Å². The molecule has 0 unspecified atom stereocenters. The Kier molecular flexibility index (Phi) is 11.4. The Hall–Kier alpha value is -1.04. The van der Waals surface area contributed by atoms with Gasteiger partial charge in [-0.25, -0.2) is 0 Å². The lowest BCUT2D eigenvalue weighted by molar-refractivity contribution is 1.28. The van der Waals surface area contributed by atoms with Crippen molar-refractivity contribution in [3.63, 3.8) is 0 Å². The molecule has 1 rings (SSSR count). The smallest absolute Gasteiger partial charge is 0.0199 e. The van der Waals surface area contributed by atoms with E-state index < -0.39 is 0 Å². The van der Waals surface area contributed by atoms with Gasteiger partial charge in [-0.15, -0.1) is 0 Å². The summed E-state index contributed by atoms with van der Waals surface area (Å²) < 4.78 is 0. The Balaban J connectivity index is 0. The molecule has 1 aromatic carbocycles. The minimum absolute atomic E-state index is 1.36. The van der Waals surface area contributed by atoms with E-state index in [0.717, 1.165) is 0 Å². The van der Waals surface area contributed by atoms with Crippen molar-refractivity contribution in [1.82, 2.24) is 0 Å². The lowest BCUT2D eigenvalue weighted by atomic mass is 9.98. The fraction of sp³-hybridized carbons (Fsp3) is 0.500. The maximum atomic E-state index is 2.18. The van der Waals surface area contributed by atoms with E-state index in [-0.39, 0.29) is 0 Å². The van der Waals surface area contributed by atoms with Crippen molar-refractivity contribution in [3.8, 4) is 0 Å². The van der Waals surface area contributed by atoms with Crippen molar-refractivity contribution in [2.45, 2.75) is 55.4 Å². The monoisotopic (exact) mass is 220 g/mol. The summed E-state index contributed by atoms with van der Waals surface area (Å²) >= 11 is 0. The molecule has 0 spiro atoms. The van der Waals surface area contributed by atoms with Crippen LogP contribution >= 0.6 is 0 Å². The molecule has 0 heterocycles. The fourth-order valence-electron chi connectivity index (χ4n) is 1.40. The zero-order valence-corrected chi connectivity index (χ0v) is 12.3. The Morgan fingerprint density at radius 2 is 1.25 bits per heavy atom. The van der Waals surface area contributed by atoms with Crippen LogP contribution in [0.25, 0.3) is 6.08 Å². The van der Waals surface area contributed by atoms with Crippen LogP contribution in [0.3, 0.4) is 0 Å². The third-order valence-electron chi connectivity index (χ3n) is 2.34. The third kappa shape index (κ3) is 5.16. The van der Waals surface area contributed by atoms with Gasteiger partial charge in [0.15, 0.2) is 0 Å². The molecule has 0 aliphatic heterocycles. The molecule has 1 aromatic rings. The van der Waals surface area contributed by atoms with E-state index in [1.807, 2.05) is 27.7 Å². The molecule has 0 atom stereocenters. The lowest BCUT2D eigenvalue weighted by Gasteiger charge is -2.07. The van der Waals surface area contributed by atoms with Crippen molar-refractivity contribution in [2.24, 2.45) is 0 Å². The average molecular weight is 220 g/mol. The third-order valence-corrected chi connectivity index (χ3v) is 2.34. The van der Waals surface area contributed by atoms with Gasteiger partial charge in [-0.05, 0) is 49.9 Å². The topological polar surface area (TPSA) is 0 Å². The average Bonchev–Trinajstić information content (AvgIpc) is 2.35. The van der Waals surface area contributed by atoms with E-state index >= 15 is 0 Å². The first-order valence-electron chi connectivity index (χ1n) is 6.36. The van der Waals surface area contributed by atoms with Gasteiger partial charge in [0.25, 0.3) is 0 Å². The second-order valence-corrected chi connectivity index (χ2v) is 3.24. The quantitative estimate of drug-likeness (QED) is 0.569. The van der Waals surface area contributed by atoms with Gasteiger partial charge in [-0.2, -0.15) is 0 Å². The summed E-state index contributed by atoms with van der Waals surface area (Å²) in [5.74, 6) is 0. The molecule has 0 saturated heterocycles. The van der Waals surface area contributed by atoms with Gasteiger partial charge in [0.05, 0.1) is 0 Å². The zero-order valence-electron chi connectivity index (χ0n) is 12.3. The van der Waals surface area contributed by atoms with Crippen LogP contribution in [0.4, 0.5) is 0 Å². The van der Waals surface area contributed by atoms with Gasteiger partial charge >= 0.3 is 0 Å². The van der Waals surface area contributed by atoms with Crippen LogP contribution < -0.4 is 0 Å². The Bertz CT molecular complexity index is 306. The van der Waals surface area contributed by atoms with Crippen LogP contribution in [-0.2, 0) is 0 Å². The van der Waals surface area contributed by atoms with Crippen molar-refractivity contribution in [3.05, 3.63) is 40.5 Å². The Labute approximate surface area is 102 Å². The number of benzene rings is 1. The fourth-order valence-corrected chi connectivity index (χ4v) is 1.40. The summed E-state index contributed by atoms with van der Waals surface area (Å²) in [5, 5.41) is 0. The molecule has 0 saturated carbocycles. The Morgan fingerprint density at radius 3 is 1.69 bits per heavy atom. The van der Waals surface area contributed by atoms with Crippen molar-refractivity contribution in [2.75, 3.05) is 0 Å². The van der Waals surface area contributed by atoms with E-state index in [1.54, 1.807) is 0 Å². The summed E-state index contributed by atoms with van der Waals surface area (Å²) in [6, 6.07) is 4.36. The van der Waals surface area contributed by atoms with Gasteiger partial charge in [0.1, 0.15) is 0 Å². The summed E-state index contributed by atoms with van der Waals surface area (Å²) in [5.41, 5.74) is 5.50. The van der Waals surface area contributed by atoms with E-state index in [4.69, 9.17) is 0 Å². The van der Waals surface area contributed by atoms with Crippen molar-refractivity contribution >= 4 is 6.08 Å². The standard InChI is InChI=1S/C12H16.2C2H6/c1-5-6-12-10(3)8-7-9(2)11(12)4;2*1-2/h5-8H,1-4H3;2*1-2H3/b6-5-;;. The second-order valence-electron chi connectivity index (χ2n) is 3.24. The van der Waals surface area contributed by atoms with Gasteiger partial charge < -0.3 is 0 Å². The summed E-state index contributed by atoms with van der Waals surface area (Å²) in [7, 11) is 0. The molecule has 0 aliphatic rings. The largest absolute Gasteiger partial charge is 0.0870 e. The molecular weight excluding hydrogens is 192 g/mol. The SMILES string of the molecule is C/C=C\c1c(C)ccc(C)c1C.CC.CC. The molecular formula is C16H28. The van der Waals surface area contributed by atoms with Crippen LogP contribution in [0.15, 0.2) is 18.2 Å². The highest BCUT2D eigenvalue weighted by Gasteiger charge is 2.00. The van der Waals surface area contributed by atoms with Gasteiger partial charge in [0, 0.05) is 0 Å². The minimum Gasteiger partial charge on any atom is -0.0870 e. The second kappa shape index (κ2) is 10.5. The van der Waals surface area contributed by atoms with Crippen molar-refractivity contribution < 1.29 is 0 Å². The van der Waals surface area contributed by atoms with Gasteiger partial charge in [-0.3, -0.25) is 0 Å². The lowest BCUT2D eigenvalue weighted by Crippen LogP contribution is -1.89. The predicted octanol–water partition coefficient (Wildman–Crippen LogP) is 5.70. The maximum Gasteiger partial charge on any atom is -0.0199 e. The van der Waals surface area contributed by atoms with Crippen LogP contribution in [0.1, 0.15) is 56.9 Å². The van der Waals surface area contributed by atoms with Crippen LogP contribution in [0.2, 0.25) is 0 Å². The summed E-state index contributed by atoms with van der Waals surface area (Å²) in [4.78, 5) is 0. The van der Waals surface area contributed by atoms with E-state index in [1.165, 1.54) is 22.3 Å². The molecule has 0 N–H and O–H groups in total. The maximum absolute atomic E-state index is 2.18. The zero-order chi connectivity index (χ0) is 13.1. The molecule has 0 bridgehead atoms. The first-order valence-corrected chi connectivity index (χ1v) is 6.36. The molecule has 16 heavy (non-hydrogen) atoms. The molecule has 0 aromatic heterocycles. The number of aryl methyl sites for hydroxylation is 2. The Morgan fingerprint density at radius 1 is 0.812 bits per heavy atom. The molecule has 0 aliphatic carbocycles. The van der Waals surface area contributed by atoms with Crippen LogP contribution in [0, 0.1) is 20.8 Å². The van der Waals surface area contributed by atoms with E-state index in [0.29, 0.717) is 0 Å². The molecule has 0 fully saturated rings. The first kappa shape index (κ1) is 17.4. The molecule has 0 heteroatoms. The summed E-state index contributed by atoms with van der Waals surface area (Å²) in [6.45, 7) is 16.5. The van der Waals surface area contributed by atoms with Gasteiger partial charge in [0.2, 0.25) is 0 Å². The molecule has 92 valence electrons. The number of allylic oxidation sites excluding steroid dienone is 1. The summed E-state index contributed by atoms with van der Waals surface area (Å²) in [6.07, 6.45) is 4.27. The highest BCUT2D eigenvalue weighted by molar-refractivity contribution is 5.59. The molecule has 0 radical (unpaired) electrons. The minimum atomic E-state index is 1.36. The van der Waals surface area contributed by atoms with Gasteiger partial charge in [-0.1, -0.05) is 52.0 Å².